The molecule has 0 unspecified atom stereocenters. The van der Waals surface area contributed by atoms with Crippen LogP contribution in [0.1, 0.15) is 61.0 Å². The number of hydrogen-bond acceptors (Lipinski definition) is 5. The first-order valence-corrected chi connectivity index (χ1v) is 13.8. The summed E-state index contributed by atoms with van der Waals surface area (Å²) in [6, 6.07) is 4.26. The van der Waals surface area contributed by atoms with Crippen LogP contribution in [0.2, 0.25) is 0 Å². The third-order valence-electron chi connectivity index (χ3n) is 7.88. The van der Waals surface area contributed by atoms with Gasteiger partial charge in [0.2, 0.25) is 11.8 Å². The fourth-order valence-electron chi connectivity index (χ4n) is 5.33. The standard InChI is InChI=1S/C31H49N5O4/c1-18(2)23(15-19(3)29(39)40)36(12)28(38)26(30(4,5)6)34-27(37)25(33-10)31(7,8)22-17-35(11)24-16-20(32-9)13-14-21(22)24/h13-18,23,25-26,32-33H,1-12H3,(H,34,37)(H,39,40)/b19-15+/t23-,25+,26-/m1/s1. The quantitative estimate of drug-likeness (QED) is 0.310. The summed E-state index contributed by atoms with van der Waals surface area (Å²) in [6.45, 7) is 15.2. The monoisotopic (exact) mass is 555 g/mol. The smallest absolute Gasteiger partial charge is 0.331 e. The number of aromatic nitrogens is 1. The second-order valence-corrected chi connectivity index (χ2v) is 12.7. The Balaban J connectivity index is 2.46. The zero-order valence-electron chi connectivity index (χ0n) is 26.3. The summed E-state index contributed by atoms with van der Waals surface area (Å²) in [5.74, 6) is -1.61. The average Bonchev–Trinajstić information content (AvgIpc) is 3.20. The lowest BCUT2D eigenvalue weighted by Crippen LogP contribution is -2.61. The van der Waals surface area contributed by atoms with Crippen molar-refractivity contribution in [1.82, 2.24) is 20.1 Å². The van der Waals surface area contributed by atoms with Crippen molar-refractivity contribution in [1.29, 1.82) is 0 Å². The van der Waals surface area contributed by atoms with E-state index in [-0.39, 0.29) is 23.3 Å². The molecule has 1 heterocycles. The van der Waals surface area contributed by atoms with Gasteiger partial charge >= 0.3 is 5.97 Å². The van der Waals surface area contributed by atoms with Crippen LogP contribution in [0.4, 0.5) is 5.69 Å². The number of nitrogens with zero attached hydrogens (tertiary/aromatic N) is 2. The first-order valence-electron chi connectivity index (χ1n) is 13.8. The fourth-order valence-corrected chi connectivity index (χ4v) is 5.33. The van der Waals surface area contributed by atoms with Crippen molar-refractivity contribution < 1.29 is 19.5 Å². The number of rotatable bonds is 11. The molecule has 0 saturated carbocycles. The molecule has 0 aliphatic heterocycles. The van der Waals surface area contributed by atoms with Crippen LogP contribution in [0.3, 0.4) is 0 Å². The van der Waals surface area contributed by atoms with Gasteiger partial charge < -0.3 is 30.5 Å². The molecule has 2 aromatic rings. The van der Waals surface area contributed by atoms with E-state index in [4.69, 9.17) is 0 Å². The minimum Gasteiger partial charge on any atom is -0.478 e. The third-order valence-corrected chi connectivity index (χ3v) is 7.88. The highest BCUT2D eigenvalue weighted by atomic mass is 16.4. The Hall–Kier alpha value is -3.33. The van der Waals surface area contributed by atoms with Gasteiger partial charge in [-0.15, -0.1) is 0 Å². The number of carboxylic acid groups (broad SMARTS) is 1. The Bertz CT molecular complexity index is 1270. The third kappa shape index (κ3) is 6.86. The fraction of sp³-hybridized carbons (Fsp3) is 0.581. The SMILES string of the molecule is CNc1ccc2c(C(C)(C)[C@@H](NC)C(=O)N[C@H](C(=O)N(C)[C@H](/C=C(\C)C(=O)O)C(C)C)C(C)(C)C)cn(C)c2c1. The highest BCUT2D eigenvalue weighted by Crippen LogP contribution is 2.36. The number of benzene rings is 1. The van der Waals surface area contributed by atoms with Crippen LogP contribution in [-0.2, 0) is 26.8 Å². The topological polar surface area (TPSA) is 116 Å². The number of nitrogens with one attached hydrogen (secondary N) is 3. The van der Waals surface area contributed by atoms with E-state index in [1.165, 1.54) is 6.92 Å². The molecule has 2 rings (SSSR count). The molecule has 0 radical (unpaired) electrons. The lowest BCUT2D eigenvalue weighted by Gasteiger charge is -2.39. The second-order valence-electron chi connectivity index (χ2n) is 12.7. The Morgan fingerprint density at radius 2 is 1.65 bits per heavy atom. The number of carbonyl (C=O) groups is 3. The molecule has 0 spiro atoms. The molecule has 4 N–H and O–H groups in total. The van der Waals surface area contributed by atoms with Gasteiger partial charge in [-0.3, -0.25) is 9.59 Å². The summed E-state index contributed by atoms with van der Waals surface area (Å²) < 4.78 is 2.06. The summed E-state index contributed by atoms with van der Waals surface area (Å²) >= 11 is 0. The number of likely N-dealkylation sites (N-methyl/N-ethyl adjacent to an activating group) is 2. The van der Waals surface area contributed by atoms with E-state index in [2.05, 4.69) is 38.8 Å². The number of amides is 2. The molecular weight excluding hydrogens is 506 g/mol. The summed E-state index contributed by atoms with van der Waals surface area (Å²) in [4.78, 5) is 40.9. The number of aryl methyl sites for hydroxylation is 1. The van der Waals surface area contributed by atoms with Gasteiger partial charge in [-0.1, -0.05) is 60.6 Å². The number of hydrogen-bond donors (Lipinski definition) is 4. The summed E-state index contributed by atoms with van der Waals surface area (Å²) in [6.07, 6.45) is 3.66. The molecule has 0 fully saturated rings. The van der Waals surface area contributed by atoms with E-state index in [9.17, 15) is 19.5 Å². The molecule has 1 aromatic heterocycles. The molecule has 1 aromatic carbocycles. The van der Waals surface area contributed by atoms with Gasteiger partial charge in [0.15, 0.2) is 0 Å². The summed E-state index contributed by atoms with van der Waals surface area (Å²) in [7, 11) is 7.29. The number of anilines is 1. The highest BCUT2D eigenvalue weighted by molar-refractivity contribution is 5.93. The van der Waals surface area contributed by atoms with E-state index in [1.807, 2.05) is 68.6 Å². The molecule has 0 aliphatic carbocycles. The predicted octanol–water partition coefficient (Wildman–Crippen LogP) is 4.13. The van der Waals surface area contributed by atoms with E-state index >= 15 is 0 Å². The maximum Gasteiger partial charge on any atom is 0.331 e. The molecule has 2 amide bonds. The van der Waals surface area contributed by atoms with Crippen molar-refractivity contribution in [3.63, 3.8) is 0 Å². The molecule has 222 valence electrons. The van der Waals surface area contributed by atoms with Gasteiger partial charge in [-0.05, 0) is 43.0 Å². The van der Waals surface area contributed by atoms with Crippen LogP contribution >= 0.6 is 0 Å². The minimum absolute atomic E-state index is 0.0293. The van der Waals surface area contributed by atoms with E-state index < -0.39 is 34.9 Å². The number of fused-ring (bicyclic) bond motifs is 1. The van der Waals surface area contributed by atoms with Crippen LogP contribution in [-0.4, -0.2) is 71.6 Å². The molecule has 3 atom stereocenters. The Labute approximate surface area is 239 Å². The van der Waals surface area contributed by atoms with Crippen molar-refractivity contribution in [2.45, 2.75) is 78.9 Å². The van der Waals surface area contributed by atoms with Gasteiger partial charge in [0, 0.05) is 49.4 Å². The molecule has 40 heavy (non-hydrogen) atoms. The van der Waals surface area contributed by atoms with Crippen molar-refractivity contribution in [2.75, 3.05) is 26.5 Å². The minimum atomic E-state index is -1.03. The molecule has 9 heteroatoms. The summed E-state index contributed by atoms with van der Waals surface area (Å²) in [5.41, 5.74) is 2.03. The molecule has 0 saturated heterocycles. The van der Waals surface area contributed by atoms with Crippen LogP contribution in [0.15, 0.2) is 36.0 Å². The maximum absolute atomic E-state index is 13.9. The van der Waals surface area contributed by atoms with Crippen molar-refractivity contribution >= 4 is 34.4 Å². The zero-order chi connectivity index (χ0) is 30.7. The lowest BCUT2D eigenvalue weighted by molar-refractivity contribution is -0.141. The molecule has 9 nitrogen and oxygen atoms in total. The highest BCUT2D eigenvalue weighted by Gasteiger charge is 2.42. The lowest BCUT2D eigenvalue weighted by atomic mass is 9.76. The van der Waals surface area contributed by atoms with Gasteiger partial charge in [-0.25, -0.2) is 4.79 Å². The predicted molar refractivity (Wildman–Crippen MR) is 163 cm³/mol. The van der Waals surface area contributed by atoms with E-state index in [0.717, 1.165) is 22.2 Å². The van der Waals surface area contributed by atoms with Crippen molar-refractivity contribution in [3.8, 4) is 0 Å². The number of aliphatic carboxylic acids is 1. The number of carbonyl (C=O) groups excluding carboxylic acids is 2. The van der Waals surface area contributed by atoms with Crippen LogP contribution in [0.5, 0.6) is 0 Å². The maximum atomic E-state index is 13.9. The average molecular weight is 556 g/mol. The number of carboxylic acids is 1. The van der Waals surface area contributed by atoms with Crippen molar-refractivity contribution in [2.24, 2.45) is 18.4 Å². The largest absolute Gasteiger partial charge is 0.478 e. The Kier molecular flexibility index (Phi) is 10.2. The van der Waals surface area contributed by atoms with Crippen LogP contribution in [0.25, 0.3) is 10.9 Å². The molecule has 0 bridgehead atoms. The molecule has 0 aliphatic rings. The first-order chi connectivity index (χ1) is 18.4. The van der Waals surface area contributed by atoms with E-state index in [0.29, 0.717) is 0 Å². The second kappa shape index (κ2) is 12.5. The van der Waals surface area contributed by atoms with Gasteiger partial charge in [0.25, 0.3) is 0 Å². The van der Waals surface area contributed by atoms with E-state index in [1.54, 1.807) is 25.1 Å². The van der Waals surface area contributed by atoms with Gasteiger partial charge in [0.05, 0.1) is 17.6 Å². The van der Waals surface area contributed by atoms with Crippen LogP contribution in [0, 0.1) is 11.3 Å². The van der Waals surface area contributed by atoms with Gasteiger partial charge in [0.1, 0.15) is 6.04 Å². The van der Waals surface area contributed by atoms with Crippen LogP contribution < -0.4 is 16.0 Å². The van der Waals surface area contributed by atoms with Gasteiger partial charge in [-0.2, -0.15) is 0 Å². The Morgan fingerprint density at radius 1 is 1.05 bits per heavy atom. The summed E-state index contributed by atoms with van der Waals surface area (Å²) in [5, 5.41) is 19.9. The molecular formula is C31H49N5O4. The zero-order valence-corrected chi connectivity index (χ0v) is 26.3. The normalized spacial score (nSPS) is 15.1. The Morgan fingerprint density at radius 3 is 2.12 bits per heavy atom. The first kappa shape index (κ1) is 32.9. The van der Waals surface area contributed by atoms with Crippen molar-refractivity contribution in [3.05, 3.63) is 41.6 Å².